The zero-order valence-corrected chi connectivity index (χ0v) is 11.4. The van der Waals surface area contributed by atoms with Crippen molar-refractivity contribution in [3.63, 3.8) is 0 Å². The number of aliphatic hydroxyl groups is 1. The third-order valence-electron chi connectivity index (χ3n) is 4.70. The van der Waals surface area contributed by atoms with E-state index in [9.17, 15) is 9.90 Å². The maximum Gasteiger partial charge on any atom is 0.334 e. The highest BCUT2D eigenvalue weighted by atomic mass is 16.6. The number of aliphatic hydroxyl groups excluding tert-OH is 1. The summed E-state index contributed by atoms with van der Waals surface area (Å²) < 4.78 is 11.2. The van der Waals surface area contributed by atoms with Crippen LogP contribution in [0.5, 0.6) is 0 Å². The lowest BCUT2D eigenvalue weighted by Gasteiger charge is -2.22. The van der Waals surface area contributed by atoms with E-state index in [0.29, 0.717) is 12.0 Å². The first-order valence-electron chi connectivity index (χ1n) is 6.85. The van der Waals surface area contributed by atoms with Crippen LogP contribution in [-0.4, -0.2) is 35.0 Å². The first-order chi connectivity index (χ1) is 8.92. The number of carbonyl (C=O) groups is 1. The molecule has 104 valence electrons. The maximum absolute atomic E-state index is 11.7. The van der Waals surface area contributed by atoms with Gasteiger partial charge in [-0.05, 0) is 38.7 Å². The fourth-order valence-corrected chi connectivity index (χ4v) is 3.20. The molecular weight excluding hydrogens is 244 g/mol. The Morgan fingerprint density at radius 2 is 2.26 bits per heavy atom. The molecule has 0 aromatic carbocycles. The van der Waals surface area contributed by atoms with Gasteiger partial charge < -0.3 is 14.6 Å². The fourth-order valence-electron chi connectivity index (χ4n) is 3.20. The summed E-state index contributed by atoms with van der Waals surface area (Å²) in [5.74, 6) is -0.489. The first kappa shape index (κ1) is 12.9. The summed E-state index contributed by atoms with van der Waals surface area (Å²) in [4.78, 5) is 11.7. The molecule has 1 N–H and O–H groups in total. The second-order valence-electron chi connectivity index (χ2n) is 6.09. The Labute approximate surface area is 113 Å². The van der Waals surface area contributed by atoms with E-state index >= 15 is 0 Å². The fraction of sp³-hybridized carbons (Fsp3) is 0.667. The SMILES string of the molecule is C=C1C(=O)O[C@@H]2[C@H]3O[C@]3(C)CC/C=C(/C)[C@@H](O)C[C@@H]12. The van der Waals surface area contributed by atoms with Gasteiger partial charge in [0, 0.05) is 11.5 Å². The van der Waals surface area contributed by atoms with Gasteiger partial charge in [0.2, 0.25) is 0 Å². The Balaban J connectivity index is 1.91. The second kappa shape index (κ2) is 4.18. The van der Waals surface area contributed by atoms with Crippen LogP contribution in [-0.2, 0) is 14.3 Å². The van der Waals surface area contributed by atoms with E-state index in [2.05, 4.69) is 19.6 Å². The molecule has 0 bridgehead atoms. The molecule has 1 aliphatic carbocycles. The van der Waals surface area contributed by atoms with E-state index < -0.39 is 6.10 Å². The molecule has 0 amide bonds. The van der Waals surface area contributed by atoms with Crippen molar-refractivity contribution in [1.29, 1.82) is 0 Å². The normalized spacial score (nSPS) is 48.7. The van der Waals surface area contributed by atoms with Gasteiger partial charge in [-0.3, -0.25) is 0 Å². The van der Waals surface area contributed by atoms with Crippen LogP contribution in [0.1, 0.15) is 33.1 Å². The number of epoxide rings is 1. The molecule has 4 heteroatoms. The summed E-state index contributed by atoms with van der Waals surface area (Å²) in [6.45, 7) is 7.81. The average Bonchev–Trinajstić information content (AvgIpc) is 2.95. The lowest BCUT2D eigenvalue weighted by atomic mass is 9.83. The molecule has 0 spiro atoms. The summed E-state index contributed by atoms with van der Waals surface area (Å²) in [6, 6.07) is 0. The predicted molar refractivity (Wildman–Crippen MR) is 69.4 cm³/mol. The molecule has 0 aromatic rings. The van der Waals surface area contributed by atoms with Crippen LogP contribution in [0.15, 0.2) is 23.8 Å². The third-order valence-corrected chi connectivity index (χ3v) is 4.70. The zero-order chi connectivity index (χ0) is 13.8. The molecule has 3 aliphatic rings. The van der Waals surface area contributed by atoms with Gasteiger partial charge in [0.1, 0.15) is 12.2 Å². The molecule has 19 heavy (non-hydrogen) atoms. The molecule has 3 rings (SSSR count). The van der Waals surface area contributed by atoms with E-state index in [0.717, 1.165) is 18.4 Å². The molecule has 5 atom stereocenters. The highest BCUT2D eigenvalue weighted by Crippen LogP contribution is 2.49. The minimum absolute atomic E-state index is 0.0558. The van der Waals surface area contributed by atoms with E-state index in [-0.39, 0.29) is 29.7 Å². The standard InChI is InChI=1S/C15H20O4/c1-8-5-4-6-15(3)13(19-15)12-10(7-11(8)16)9(2)14(17)18-12/h5,10-13,16H,2,4,6-7H2,1,3H3/b8-5-/t10-,11-,12-,13+,15+/m0/s1. The molecule has 0 unspecified atom stereocenters. The Bertz CT molecular complexity index is 467. The van der Waals surface area contributed by atoms with Crippen molar-refractivity contribution >= 4 is 5.97 Å². The first-order valence-corrected chi connectivity index (χ1v) is 6.85. The van der Waals surface area contributed by atoms with E-state index in [4.69, 9.17) is 9.47 Å². The molecular formula is C15H20O4. The number of allylic oxidation sites excluding steroid dienone is 1. The summed E-state index contributed by atoms with van der Waals surface area (Å²) in [7, 11) is 0. The van der Waals surface area contributed by atoms with E-state index in [1.54, 1.807) is 0 Å². The summed E-state index contributed by atoms with van der Waals surface area (Å²) in [6.07, 6.45) is 3.42. The topological polar surface area (TPSA) is 59.1 Å². The highest BCUT2D eigenvalue weighted by Gasteiger charge is 2.61. The summed E-state index contributed by atoms with van der Waals surface area (Å²) in [5.41, 5.74) is 1.22. The Morgan fingerprint density at radius 1 is 1.53 bits per heavy atom. The van der Waals surface area contributed by atoms with E-state index in [1.807, 2.05) is 6.92 Å². The summed E-state index contributed by atoms with van der Waals surface area (Å²) >= 11 is 0. The van der Waals surface area contributed by atoms with Crippen LogP contribution in [0, 0.1) is 5.92 Å². The van der Waals surface area contributed by atoms with Crippen molar-refractivity contribution in [2.75, 3.05) is 0 Å². The smallest absolute Gasteiger partial charge is 0.334 e. The van der Waals surface area contributed by atoms with Gasteiger partial charge in [-0.15, -0.1) is 0 Å². The van der Waals surface area contributed by atoms with Crippen molar-refractivity contribution in [2.24, 2.45) is 5.92 Å². The molecule has 2 saturated heterocycles. The number of esters is 1. The zero-order valence-electron chi connectivity index (χ0n) is 11.4. The monoisotopic (exact) mass is 264 g/mol. The van der Waals surface area contributed by atoms with Gasteiger partial charge in [0.05, 0.1) is 11.7 Å². The van der Waals surface area contributed by atoms with Crippen LogP contribution in [0.3, 0.4) is 0 Å². The van der Waals surface area contributed by atoms with Gasteiger partial charge >= 0.3 is 5.97 Å². The minimum Gasteiger partial charge on any atom is -0.455 e. The molecule has 2 fully saturated rings. The lowest BCUT2D eigenvalue weighted by molar-refractivity contribution is -0.140. The number of hydrogen-bond donors (Lipinski definition) is 1. The molecule has 0 radical (unpaired) electrons. The Morgan fingerprint density at radius 3 is 3.00 bits per heavy atom. The predicted octanol–water partition coefficient (Wildman–Crippen LogP) is 1.73. The van der Waals surface area contributed by atoms with Crippen LogP contribution in [0.2, 0.25) is 0 Å². The minimum atomic E-state index is -0.540. The molecule has 0 aromatic heterocycles. The van der Waals surface area contributed by atoms with Crippen LogP contribution < -0.4 is 0 Å². The largest absolute Gasteiger partial charge is 0.455 e. The third kappa shape index (κ3) is 2.03. The van der Waals surface area contributed by atoms with Crippen molar-refractivity contribution < 1.29 is 19.4 Å². The Kier molecular flexibility index (Phi) is 2.84. The van der Waals surface area contributed by atoms with Gasteiger partial charge in [-0.25, -0.2) is 4.79 Å². The van der Waals surface area contributed by atoms with Gasteiger partial charge in [-0.2, -0.15) is 0 Å². The van der Waals surface area contributed by atoms with Gasteiger partial charge in [0.15, 0.2) is 0 Å². The number of fused-ring (bicyclic) bond motifs is 3. The second-order valence-corrected chi connectivity index (χ2v) is 6.09. The van der Waals surface area contributed by atoms with Crippen molar-refractivity contribution in [1.82, 2.24) is 0 Å². The van der Waals surface area contributed by atoms with Gasteiger partial charge in [-0.1, -0.05) is 12.7 Å². The number of ether oxygens (including phenoxy) is 2. The van der Waals surface area contributed by atoms with Crippen molar-refractivity contribution in [3.05, 3.63) is 23.8 Å². The van der Waals surface area contributed by atoms with Crippen LogP contribution in [0.25, 0.3) is 0 Å². The van der Waals surface area contributed by atoms with Crippen LogP contribution >= 0.6 is 0 Å². The lowest BCUT2D eigenvalue weighted by Crippen LogP contribution is -2.31. The maximum atomic E-state index is 11.7. The number of carbonyl (C=O) groups excluding carboxylic acids is 1. The number of rotatable bonds is 0. The Hall–Kier alpha value is -1.13. The van der Waals surface area contributed by atoms with Crippen molar-refractivity contribution in [2.45, 2.75) is 57.0 Å². The van der Waals surface area contributed by atoms with Crippen LogP contribution in [0.4, 0.5) is 0 Å². The number of hydrogen-bond acceptors (Lipinski definition) is 4. The quantitative estimate of drug-likeness (QED) is 0.313. The van der Waals surface area contributed by atoms with Gasteiger partial charge in [0.25, 0.3) is 0 Å². The molecule has 2 heterocycles. The van der Waals surface area contributed by atoms with Crippen molar-refractivity contribution in [3.8, 4) is 0 Å². The average molecular weight is 264 g/mol. The molecule has 2 aliphatic heterocycles. The highest BCUT2D eigenvalue weighted by molar-refractivity contribution is 5.91. The molecule has 0 saturated carbocycles. The van der Waals surface area contributed by atoms with E-state index in [1.165, 1.54) is 0 Å². The summed E-state index contributed by atoms with van der Waals surface area (Å²) in [5, 5.41) is 10.2. The molecule has 4 nitrogen and oxygen atoms in total.